The van der Waals surface area contributed by atoms with Gasteiger partial charge in [0.25, 0.3) is 0 Å². The lowest BCUT2D eigenvalue weighted by atomic mass is 9.75. The number of hydrogen-bond donors (Lipinski definition) is 0. The third kappa shape index (κ3) is 3.26. The lowest BCUT2D eigenvalue weighted by Crippen LogP contribution is -2.31. The molecule has 4 heteroatoms. The number of nitriles is 1. The van der Waals surface area contributed by atoms with Crippen LogP contribution in [0, 0.1) is 11.3 Å². The number of aromatic nitrogens is 1. The number of hydrogen-bond acceptors (Lipinski definition) is 4. The predicted octanol–water partition coefficient (Wildman–Crippen LogP) is 2.85. The summed E-state index contributed by atoms with van der Waals surface area (Å²) in [6.07, 6.45) is 2.42. The number of nitrogens with zero attached hydrogens (tertiary/aromatic N) is 3. The van der Waals surface area contributed by atoms with Crippen LogP contribution in [0.1, 0.15) is 17.7 Å². The zero-order valence-corrected chi connectivity index (χ0v) is 13.3. The summed E-state index contributed by atoms with van der Waals surface area (Å²) in [5.41, 5.74) is 0.971. The van der Waals surface area contributed by atoms with Gasteiger partial charge in [0.2, 0.25) is 0 Å². The number of benzene rings is 1. The monoisotopic (exact) mass is 295 g/mol. The molecular weight excluding hydrogens is 274 g/mol. The first kappa shape index (κ1) is 16.0. The first-order chi connectivity index (χ1) is 10.6. The van der Waals surface area contributed by atoms with E-state index in [1.54, 1.807) is 13.3 Å². The number of methoxy groups -OCH3 is 1. The van der Waals surface area contributed by atoms with Crippen LogP contribution >= 0.6 is 0 Å². The molecular formula is C18H21N3O. The topological polar surface area (TPSA) is 49.1 Å². The first-order valence-electron chi connectivity index (χ1n) is 7.24. The van der Waals surface area contributed by atoms with Crippen molar-refractivity contribution >= 4 is 0 Å². The van der Waals surface area contributed by atoms with Gasteiger partial charge in [-0.1, -0.05) is 18.2 Å². The molecule has 0 saturated heterocycles. The molecule has 22 heavy (non-hydrogen) atoms. The number of pyridine rings is 1. The van der Waals surface area contributed by atoms with Crippen LogP contribution in [-0.4, -0.2) is 37.6 Å². The van der Waals surface area contributed by atoms with Gasteiger partial charge in [-0.05, 0) is 56.9 Å². The molecule has 0 radical (unpaired) electrons. The van der Waals surface area contributed by atoms with E-state index in [2.05, 4.69) is 16.0 Å². The Morgan fingerprint density at radius 3 is 2.41 bits per heavy atom. The fourth-order valence-corrected chi connectivity index (χ4v) is 2.48. The van der Waals surface area contributed by atoms with Crippen LogP contribution in [0.15, 0.2) is 48.7 Å². The van der Waals surface area contributed by atoms with E-state index in [4.69, 9.17) is 4.74 Å². The molecule has 1 atom stereocenters. The molecule has 0 N–H and O–H groups in total. The summed E-state index contributed by atoms with van der Waals surface area (Å²) in [6.45, 7) is 0.802. The van der Waals surface area contributed by atoms with Crippen LogP contribution in [0.5, 0.6) is 5.75 Å². The van der Waals surface area contributed by atoms with Gasteiger partial charge in [-0.3, -0.25) is 4.98 Å². The maximum absolute atomic E-state index is 9.98. The second-order valence-corrected chi connectivity index (χ2v) is 5.51. The molecule has 1 aromatic heterocycles. The highest BCUT2D eigenvalue weighted by Gasteiger charge is 2.35. The van der Waals surface area contributed by atoms with Gasteiger partial charge >= 0.3 is 0 Å². The Morgan fingerprint density at radius 2 is 1.91 bits per heavy atom. The third-order valence-electron chi connectivity index (χ3n) is 3.81. The second kappa shape index (κ2) is 7.06. The van der Waals surface area contributed by atoms with Crippen LogP contribution in [0.25, 0.3) is 0 Å². The summed E-state index contributed by atoms with van der Waals surface area (Å²) in [5.74, 6) is 0.782. The minimum atomic E-state index is -0.752. The Kier molecular flexibility index (Phi) is 5.13. The molecule has 0 amide bonds. The van der Waals surface area contributed by atoms with Gasteiger partial charge < -0.3 is 9.64 Å². The minimum Gasteiger partial charge on any atom is -0.497 e. The summed E-state index contributed by atoms with van der Waals surface area (Å²) in [4.78, 5) is 6.53. The van der Waals surface area contributed by atoms with Crippen LogP contribution in [0.4, 0.5) is 0 Å². The van der Waals surface area contributed by atoms with Gasteiger partial charge in [-0.25, -0.2) is 0 Å². The average Bonchev–Trinajstić information content (AvgIpc) is 2.57. The Labute approximate surface area is 132 Å². The van der Waals surface area contributed by atoms with Gasteiger partial charge in [0.05, 0.1) is 18.9 Å². The molecule has 1 aromatic carbocycles. The summed E-state index contributed by atoms with van der Waals surface area (Å²) in [7, 11) is 5.65. The molecule has 114 valence electrons. The lowest BCUT2D eigenvalue weighted by Gasteiger charge is -2.28. The normalized spacial score (nSPS) is 13.4. The minimum absolute atomic E-state index is 0.680. The number of ether oxygens (including phenoxy) is 1. The van der Waals surface area contributed by atoms with Crippen molar-refractivity contribution in [3.05, 3.63) is 59.9 Å². The van der Waals surface area contributed by atoms with E-state index in [-0.39, 0.29) is 0 Å². The molecule has 2 aromatic rings. The zero-order valence-electron chi connectivity index (χ0n) is 13.3. The average molecular weight is 295 g/mol. The van der Waals surface area contributed by atoms with Crippen LogP contribution in [0.3, 0.4) is 0 Å². The molecule has 2 rings (SSSR count). The molecule has 0 aliphatic heterocycles. The fourth-order valence-electron chi connectivity index (χ4n) is 2.48. The van der Waals surface area contributed by atoms with E-state index in [0.717, 1.165) is 23.6 Å². The van der Waals surface area contributed by atoms with Crippen molar-refractivity contribution in [2.45, 2.75) is 11.8 Å². The van der Waals surface area contributed by atoms with Crippen molar-refractivity contribution in [1.29, 1.82) is 5.26 Å². The van der Waals surface area contributed by atoms with Crippen molar-refractivity contribution < 1.29 is 4.74 Å². The molecule has 0 fully saturated rings. The maximum atomic E-state index is 9.98. The zero-order chi connectivity index (χ0) is 16.0. The molecule has 0 spiro atoms. The second-order valence-electron chi connectivity index (χ2n) is 5.51. The Bertz CT molecular complexity index is 632. The van der Waals surface area contributed by atoms with E-state index in [1.807, 2.05) is 56.6 Å². The lowest BCUT2D eigenvalue weighted by molar-refractivity contribution is 0.368. The van der Waals surface area contributed by atoms with E-state index in [0.29, 0.717) is 6.42 Å². The van der Waals surface area contributed by atoms with Crippen LogP contribution < -0.4 is 4.74 Å². The van der Waals surface area contributed by atoms with E-state index in [9.17, 15) is 5.26 Å². The Morgan fingerprint density at radius 1 is 1.18 bits per heavy atom. The van der Waals surface area contributed by atoms with Crippen molar-refractivity contribution in [3.8, 4) is 11.8 Å². The molecule has 0 saturated carbocycles. The van der Waals surface area contributed by atoms with Crippen LogP contribution in [-0.2, 0) is 5.41 Å². The van der Waals surface area contributed by atoms with Gasteiger partial charge in [-0.2, -0.15) is 5.26 Å². The van der Waals surface area contributed by atoms with Gasteiger partial charge in [-0.15, -0.1) is 0 Å². The van der Waals surface area contributed by atoms with Crippen molar-refractivity contribution in [1.82, 2.24) is 9.88 Å². The highest BCUT2D eigenvalue weighted by atomic mass is 16.5. The van der Waals surface area contributed by atoms with Crippen LogP contribution in [0.2, 0.25) is 0 Å². The van der Waals surface area contributed by atoms with E-state index >= 15 is 0 Å². The molecule has 4 nitrogen and oxygen atoms in total. The van der Waals surface area contributed by atoms with Gasteiger partial charge in [0.15, 0.2) is 0 Å². The highest BCUT2D eigenvalue weighted by Crippen LogP contribution is 2.35. The van der Waals surface area contributed by atoms with Gasteiger partial charge in [0.1, 0.15) is 11.2 Å². The summed E-state index contributed by atoms with van der Waals surface area (Å²) in [5, 5.41) is 9.98. The third-order valence-corrected chi connectivity index (χ3v) is 3.81. The summed E-state index contributed by atoms with van der Waals surface area (Å²) in [6, 6.07) is 15.9. The smallest absolute Gasteiger partial charge is 0.125 e. The fraction of sp³-hybridized carbons (Fsp3) is 0.333. The Hall–Kier alpha value is -2.38. The maximum Gasteiger partial charge on any atom is 0.125 e. The van der Waals surface area contributed by atoms with Crippen molar-refractivity contribution in [3.63, 3.8) is 0 Å². The quantitative estimate of drug-likeness (QED) is 0.822. The first-order valence-corrected chi connectivity index (χ1v) is 7.24. The summed E-state index contributed by atoms with van der Waals surface area (Å²) < 4.78 is 5.21. The molecule has 0 aliphatic rings. The molecule has 0 bridgehead atoms. The number of rotatable bonds is 6. The van der Waals surface area contributed by atoms with E-state index < -0.39 is 5.41 Å². The van der Waals surface area contributed by atoms with Crippen molar-refractivity contribution in [2.24, 2.45) is 0 Å². The molecule has 1 heterocycles. The van der Waals surface area contributed by atoms with Gasteiger partial charge in [0, 0.05) is 6.20 Å². The van der Waals surface area contributed by atoms with Crippen molar-refractivity contribution in [2.75, 3.05) is 27.7 Å². The predicted molar refractivity (Wildman–Crippen MR) is 86.8 cm³/mol. The largest absolute Gasteiger partial charge is 0.497 e. The van der Waals surface area contributed by atoms with E-state index in [1.165, 1.54) is 0 Å². The SMILES string of the molecule is COc1ccc(C(C#N)(CCN(C)C)c2ccccn2)cc1. The molecule has 0 aliphatic carbocycles. The standard InChI is InChI=1S/C18H21N3O/c1-21(2)13-11-18(14-19,17-6-4-5-12-20-17)15-7-9-16(22-3)10-8-15/h4-10,12H,11,13H2,1-3H3. The Balaban J connectivity index is 2.50. The highest BCUT2D eigenvalue weighted by molar-refractivity contribution is 5.44. The summed E-state index contributed by atoms with van der Waals surface area (Å²) >= 11 is 0. The molecule has 1 unspecified atom stereocenters.